The van der Waals surface area contributed by atoms with E-state index in [-0.39, 0.29) is 5.91 Å². The predicted octanol–water partition coefficient (Wildman–Crippen LogP) is 4.06. The van der Waals surface area contributed by atoms with Crippen molar-refractivity contribution in [1.82, 2.24) is 0 Å². The summed E-state index contributed by atoms with van der Waals surface area (Å²) < 4.78 is 10.7. The lowest BCUT2D eigenvalue weighted by atomic mass is 10.2. The van der Waals surface area contributed by atoms with Crippen molar-refractivity contribution in [1.29, 1.82) is 0 Å². The number of hydrogen-bond donors (Lipinski definition) is 1. The molecule has 4 nitrogen and oxygen atoms in total. The number of methoxy groups -OCH3 is 1. The molecular formula is C17H18ClNO3. The maximum Gasteiger partial charge on any atom is 0.265 e. The van der Waals surface area contributed by atoms with E-state index in [1.165, 1.54) is 0 Å². The molecular weight excluding hydrogens is 302 g/mol. The van der Waals surface area contributed by atoms with E-state index < -0.39 is 6.10 Å². The molecule has 0 aliphatic rings. The van der Waals surface area contributed by atoms with Crippen molar-refractivity contribution >= 4 is 23.2 Å². The van der Waals surface area contributed by atoms with Gasteiger partial charge in [0.2, 0.25) is 0 Å². The molecule has 1 N–H and O–H groups in total. The van der Waals surface area contributed by atoms with E-state index in [1.54, 1.807) is 44.4 Å². The first-order chi connectivity index (χ1) is 10.5. The highest BCUT2D eigenvalue weighted by molar-refractivity contribution is 6.31. The Morgan fingerprint density at radius 2 is 1.91 bits per heavy atom. The highest BCUT2D eigenvalue weighted by Crippen LogP contribution is 2.22. The zero-order valence-electron chi connectivity index (χ0n) is 12.7. The number of halogens is 1. The Labute approximate surface area is 135 Å². The van der Waals surface area contributed by atoms with Crippen LogP contribution < -0.4 is 14.8 Å². The fourth-order valence-corrected chi connectivity index (χ4v) is 2.03. The van der Waals surface area contributed by atoms with E-state index in [1.807, 2.05) is 19.1 Å². The number of carbonyl (C=O) groups excluding carboxylic acids is 1. The van der Waals surface area contributed by atoms with Crippen LogP contribution >= 0.6 is 11.6 Å². The van der Waals surface area contributed by atoms with Gasteiger partial charge in [-0.1, -0.05) is 23.7 Å². The van der Waals surface area contributed by atoms with E-state index in [4.69, 9.17) is 21.1 Å². The highest BCUT2D eigenvalue weighted by atomic mass is 35.5. The molecule has 0 aliphatic heterocycles. The van der Waals surface area contributed by atoms with Crippen molar-refractivity contribution in [2.24, 2.45) is 0 Å². The Hall–Kier alpha value is -2.20. The molecule has 0 saturated carbocycles. The number of ether oxygens (including phenoxy) is 2. The molecule has 0 aromatic heterocycles. The third-order valence-corrected chi connectivity index (χ3v) is 3.57. The van der Waals surface area contributed by atoms with Crippen LogP contribution in [-0.4, -0.2) is 19.1 Å². The molecule has 1 amide bonds. The summed E-state index contributed by atoms with van der Waals surface area (Å²) in [5, 5.41) is 3.39. The fraction of sp³-hybridized carbons (Fsp3) is 0.235. The maximum absolute atomic E-state index is 12.2. The lowest BCUT2D eigenvalue weighted by Crippen LogP contribution is -2.30. The SMILES string of the molecule is COc1cccc(O[C@H](C)C(=O)Nc2ccc(C)c(Cl)c2)c1. The van der Waals surface area contributed by atoms with Crippen molar-refractivity contribution < 1.29 is 14.3 Å². The summed E-state index contributed by atoms with van der Waals surface area (Å²) in [4.78, 5) is 12.2. The number of hydrogen-bond acceptors (Lipinski definition) is 3. The molecule has 1 atom stereocenters. The number of nitrogens with one attached hydrogen (secondary N) is 1. The minimum absolute atomic E-state index is 0.247. The van der Waals surface area contributed by atoms with Crippen LogP contribution in [0.2, 0.25) is 5.02 Å². The molecule has 0 aliphatic carbocycles. The molecule has 0 bridgehead atoms. The molecule has 0 saturated heterocycles. The van der Waals surface area contributed by atoms with Gasteiger partial charge in [-0.15, -0.1) is 0 Å². The van der Waals surface area contributed by atoms with Crippen molar-refractivity contribution in [3.63, 3.8) is 0 Å². The van der Waals surface area contributed by atoms with Gasteiger partial charge in [0.15, 0.2) is 6.10 Å². The quantitative estimate of drug-likeness (QED) is 0.904. The van der Waals surface area contributed by atoms with Crippen LogP contribution in [-0.2, 0) is 4.79 Å². The standard InChI is InChI=1S/C17H18ClNO3/c1-11-7-8-13(9-16(11)18)19-17(20)12(2)22-15-6-4-5-14(10-15)21-3/h4-10,12H,1-3H3,(H,19,20)/t12-/m1/s1. The van der Waals surface area contributed by atoms with Crippen LogP contribution in [0.4, 0.5) is 5.69 Å². The predicted molar refractivity (Wildman–Crippen MR) is 87.9 cm³/mol. The topological polar surface area (TPSA) is 47.6 Å². The average Bonchev–Trinajstić information content (AvgIpc) is 2.51. The van der Waals surface area contributed by atoms with Gasteiger partial charge in [0.25, 0.3) is 5.91 Å². The Bertz CT molecular complexity index is 673. The zero-order valence-corrected chi connectivity index (χ0v) is 13.5. The van der Waals surface area contributed by atoms with Gasteiger partial charge in [-0.05, 0) is 43.7 Å². The normalized spacial score (nSPS) is 11.6. The molecule has 22 heavy (non-hydrogen) atoms. The Balaban J connectivity index is 2.00. The highest BCUT2D eigenvalue weighted by Gasteiger charge is 2.15. The largest absolute Gasteiger partial charge is 0.497 e. The zero-order chi connectivity index (χ0) is 16.1. The smallest absolute Gasteiger partial charge is 0.265 e. The van der Waals surface area contributed by atoms with Crippen LogP contribution in [0.5, 0.6) is 11.5 Å². The molecule has 0 heterocycles. The lowest BCUT2D eigenvalue weighted by molar-refractivity contribution is -0.122. The van der Waals surface area contributed by atoms with E-state index in [9.17, 15) is 4.79 Å². The van der Waals surface area contributed by atoms with Gasteiger partial charge < -0.3 is 14.8 Å². The summed E-state index contributed by atoms with van der Waals surface area (Å²) in [5.74, 6) is 1.00. The number of anilines is 1. The summed E-state index contributed by atoms with van der Waals surface area (Å²) in [5.41, 5.74) is 1.60. The van der Waals surface area contributed by atoms with Crippen LogP contribution in [0.25, 0.3) is 0 Å². The number of rotatable bonds is 5. The molecule has 0 fully saturated rings. The summed E-state index contributed by atoms with van der Waals surface area (Å²) >= 11 is 6.04. The van der Waals surface area contributed by atoms with Crippen LogP contribution in [0.3, 0.4) is 0 Å². The average molecular weight is 320 g/mol. The van der Waals surface area contributed by atoms with Gasteiger partial charge in [0, 0.05) is 16.8 Å². The van der Waals surface area contributed by atoms with Gasteiger partial charge in [-0.3, -0.25) is 4.79 Å². The van der Waals surface area contributed by atoms with Crippen LogP contribution in [0, 0.1) is 6.92 Å². The number of carbonyl (C=O) groups is 1. The summed E-state index contributed by atoms with van der Waals surface area (Å²) in [6.45, 7) is 3.59. The molecule has 0 radical (unpaired) electrons. The first-order valence-electron chi connectivity index (χ1n) is 6.87. The monoisotopic (exact) mass is 319 g/mol. The summed E-state index contributed by atoms with van der Waals surface area (Å²) in [6, 6.07) is 12.5. The third-order valence-electron chi connectivity index (χ3n) is 3.16. The van der Waals surface area contributed by atoms with Crippen molar-refractivity contribution in [3.8, 4) is 11.5 Å². The van der Waals surface area contributed by atoms with Crippen molar-refractivity contribution in [3.05, 3.63) is 53.1 Å². The Morgan fingerprint density at radius 1 is 1.18 bits per heavy atom. The second-order valence-corrected chi connectivity index (χ2v) is 5.30. The molecule has 2 aromatic carbocycles. The van der Waals surface area contributed by atoms with Crippen molar-refractivity contribution in [2.45, 2.75) is 20.0 Å². The minimum Gasteiger partial charge on any atom is -0.497 e. The second-order valence-electron chi connectivity index (χ2n) is 4.89. The second kappa shape index (κ2) is 7.18. The number of benzene rings is 2. The van der Waals surface area contributed by atoms with E-state index in [0.29, 0.717) is 22.2 Å². The van der Waals surface area contributed by atoms with Gasteiger partial charge in [-0.2, -0.15) is 0 Å². The number of aryl methyl sites for hydroxylation is 1. The van der Waals surface area contributed by atoms with Crippen molar-refractivity contribution in [2.75, 3.05) is 12.4 Å². The molecule has 2 rings (SSSR count). The van der Waals surface area contributed by atoms with Gasteiger partial charge >= 0.3 is 0 Å². The Kier molecular flexibility index (Phi) is 5.28. The van der Waals surface area contributed by atoms with Crippen LogP contribution in [0.15, 0.2) is 42.5 Å². The minimum atomic E-state index is -0.646. The van der Waals surface area contributed by atoms with E-state index in [0.717, 1.165) is 5.56 Å². The molecule has 0 spiro atoms. The first kappa shape index (κ1) is 16.2. The summed E-state index contributed by atoms with van der Waals surface area (Å²) in [7, 11) is 1.58. The van der Waals surface area contributed by atoms with E-state index >= 15 is 0 Å². The Morgan fingerprint density at radius 3 is 2.59 bits per heavy atom. The fourth-order valence-electron chi connectivity index (χ4n) is 1.85. The third kappa shape index (κ3) is 4.15. The molecule has 116 valence electrons. The molecule has 5 heteroatoms. The molecule has 2 aromatic rings. The lowest BCUT2D eigenvalue weighted by Gasteiger charge is -2.15. The first-order valence-corrected chi connectivity index (χ1v) is 7.25. The van der Waals surface area contributed by atoms with Crippen LogP contribution in [0.1, 0.15) is 12.5 Å². The summed E-state index contributed by atoms with van der Waals surface area (Å²) in [6.07, 6.45) is -0.646. The van der Waals surface area contributed by atoms with E-state index in [2.05, 4.69) is 5.32 Å². The molecule has 0 unspecified atom stereocenters. The number of amides is 1. The van der Waals surface area contributed by atoms with Gasteiger partial charge in [0.05, 0.1) is 7.11 Å². The van der Waals surface area contributed by atoms with Gasteiger partial charge in [0.1, 0.15) is 11.5 Å². The maximum atomic E-state index is 12.2. The van der Waals surface area contributed by atoms with Gasteiger partial charge in [-0.25, -0.2) is 0 Å².